The largest absolute Gasteiger partial charge is 0.489 e. The summed E-state index contributed by atoms with van der Waals surface area (Å²) in [4.78, 5) is 0. The Labute approximate surface area is 127 Å². The Morgan fingerprint density at radius 1 is 1.14 bits per heavy atom. The molecule has 0 aromatic heterocycles. The second kappa shape index (κ2) is 7.02. The van der Waals surface area contributed by atoms with E-state index < -0.39 is 0 Å². The van der Waals surface area contributed by atoms with Gasteiger partial charge in [0.2, 0.25) is 0 Å². The maximum atomic E-state index is 6.15. The van der Waals surface area contributed by atoms with E-state index in [1.54, 1.807) is 0 Å². The molecule has 0 atom stereocenters. The zero-order valence-electron chi connectivity index (χ0n) is 13.0. The number of hydrogen-bond acceptors (Lipinski definition) is 3. The van der Waals surface area contributed by atoms with Crippen molar-refractivity contribution >= 4 is 11.4 Å². The van der Waals surface area contributed by atoms with Gasteiger partial charge < -0.3 is 15.8 Å². The number of nitrogens with one attached hydrogen (secondary N) is 1. The zero-order chi connectivity index (χ0) is 15.2. The van der Waals surface area contributed by atoms with Crippen molar-refractivity contribution < 1.29 is 4.74 Å². The van der Waals surface area contributed by atoms with Gasteiger partial charge in [-0.3, -0.25) is 0 Å². The smallest absolute Gasteiger partial charge is 0.144 e. The summed E-state index contributed by atoms with van der Waals surface area (Å²) >= 11 is 0. The third kappa shape index (κ3) is 4.42. The quantitative estimate of drug-likeness (QED) is 0.788. The van der Waals surface area contributed by atoms with E-state index in [0.29, 0.717) is 5.69 Å². The van der Waals surface area contributed by atoms with Crippen LogP contribution in [0.3, 0.4) is 0 Å². The molecule has 0 bridgehead atoms. The Morgan fingerprint density at radius 2 is 1.90 bits per heavy atom. The fraction of sp³-hybridized carbons (Fsp3) is 0.333. The van der Waals surface area contributed by atoms with E-state index in [4.69, 9.17) is 10.5 Å². The third-order valence-electron chi connectivity index (χ3n) is 3.24. The summed E-state index contributed by atoms with van der Waals surface area (Å²) in [7, 11) is 0. The molecule has 0 unspecified atom stereocenters. The Balaban J connectivity index is 1.97. The molecule has 21 heavy (non-hydrogen) atoms. The first-order chi connectivity index (χ1) is 10.1. The molecular formula is C18H24N2O. The first-order valence-corrected chi connectivity index (χ1v) is 7.41. The maximum absolute atomic E-state index is 6.15. The highest BCUT2D eigenvalue weighted by Gasteiger charge is 2.07. The fourth-order valence-corrected chi connectivity index (χ4v) is 2.26. The van der Waals surface area contributed by atoms with Gasteiger partial charge in [0, 0.05) is 6.54 Å². The van der Waals surface area contributed by atoms with Gasteiger partial charge in [0.25, 0.3) is 0 Å². The van der Waals surface area contributed by atoms with Crippen molar-refractivity contribution in [3.05, 3.63) is 53.6 Å². The van der Waals surface area contributed by atoms with Crippen LogP contribution in [0.25, 0.3) is 0 Å². The van der Waals surface area contributed by atoms with E-state index >= 15 is 0 Å². The van der Waals surface area contributed by atoms with Crippen LogP contribution in [0.15, 0.2) is 42.5 Å². The normalized spacial score (nSPS) is 10.7. The molecule has 0 radical (unpaired) electrons. The molecule has 3 N–H and O–H groups in total. The van der Waals surface area contributed by atoms with Crippen LogP contribution in [-0.2, 0) is 6.42 Å². The molecule has 3 heteroatoms. The average molecular weight is 284 g/mol. The van der Waals surface area contributed by atoms with E-state index in [9.17, 15) is 0 Å². The lowest BCUT2D eigenvalue weighted by Crippen LogP contribution is -2.10. The Hall–Kier alpha value is -2.16. The van der Waals surface area contributed by atoms with Crippen molar-refractivity contribution in [2.45, 2.75) is 33.3 Å². The van der Waals surface area contributed by atoms with Crippen LogP contribution in [0.2, 0.25) is 0 Å². The van der Waals surface area contributed by atoms with Gasteiger partial charge in [-0.05, 0) is 44.9 Å². The highest BCUT2D eigenvalue weighted by Crippen LogP contribution is 2.30. The Kier molecular flexibility index (Phi) is 5.09. The predicted molar refractivity (Wildman–Crippen MR) is 90.0 cm³/mol. The van der Waals surface area contributed by atoms with E-state index in [1.807, 2.05) is 32.0 Å². The maximum Gasteiger partial charge on any atom is 0.144 e. The second-order valence-electron chi connectivity index (χ2n) is 5.55. The number of benzene rings is 2. The van der Waals surface area contributed by atoms with Crippen LogP contribution in [0, 0.1) is 6.92 Å². The van der Waals surface area contributed by atoms with Crippen molar-refractivity contribution in [3.8, 4) is 5.75 Å². The van der Waals surface area contributed by atoms with Crippen LogP contribution in [0.1, 0.15) is 25.0 Å². The van der Waals surface area contributed by atoms with Crippen molar-refractivity contribution in [1.29, 1.82) is 0 Å². The molecule has 0 heterocycles. The Morgan fingerprint density at radius 3 is 2.62 bits per heavy atom. The minimum atomic E-state index is 0.120. The molecule has 3 nitrogen and oxygen atoms in total. The predicted octanol–water partition coefficient (Wildman–Crippen LogP) is 4.02. The van der Waals surface area contributed by atoms with Gasteiger partial charge in [0.15, 0.2) is 0 Å². The van der Waals surface area contributed by atoms with Gasteiger partial charge in [-0.25, -0.2) is 0 Å². The Bertz CT molecular complexity index is 594. The summed E-state index contributed by atoms with van der Waals surface area (Å²) in [5.74, 6) is 0.741. The molecule has 2 rings (SSSR count). The number of ether oxygens (including phenoxy) is 1. The molecule has 0 spiro atoms. The van der Waals surface area contributed by atoms with Crippen molar-refractivity contribution in [3.63, 3.8) is 0 Å². The van der Waals surface area contributed by atoms with E-state index in [-0.39, 0.29) is 6.10 Å². The minimum absolute atomic E-state index is 0.120. The summed E-state index contributed by atoms with van der Waals surface area (Å²) in [5.41, 5.74) is 10.4. The van der Waals surface area contributed by atoms with Crippen LogP contribution in [0.4, 0.5) is 11.4 Å². The molecule has 0 aliphatic heterocycles. The summed E-state index contributed by atoms with van der Waals surface area (Å²) < 4.78 is 5.70. The number of para-hydroxylation sites is 1. The summed E-state index contributed by atoms with van der Waals surface area (Å²) in [5, 5.41) is 3.39. The summed E-state index contributed by atoms with van der Waals surface area (Å²) in [6.07, 6.45) is 1.09. The fourth-order valence-electron chi connectivity index (χ4n) is 2.26. The van der Waals surface area contributed by atoms with E-state index in [0.717, 1.165) is 24.4 Å². The monoisotopic (exact) mass is 284 g/mol. The molecule has 0 amide bonds. The molecule has 0 fully saturated rings. The number of rotatable bonds is 6. The minimum Gasteiger partial charge on any atom is -0.489 e. The molecule has 0 aliphatic carbocycles. The highest BCUT2D eigenvalue weighted by atomic mass is 16.5. The van der Waals surface area contributed by atoms with Crippen molar-refractivity contribution in [2.24, 2.45) is 0 Å². The van der Waals surface area contributed by atoms with Gasteiger partial charge >= 0.3 is 0 Å². The molecule has 0 saturated heterocycles. The van der Waals surface area contributed by atoms with Gasteiger partial charge in [0.1, 0.15) is 5.75 Å². The molecule has 2 aromatic carbocycles. The first kappa shape index (κ1) is 15.2. The molecule has 2 aromatic rings. The molecule has 0 aliphatic rings. The van der Waals surface area contributed by atoms with Crippen molar-refractivity contribution in [1.82, 2.24) is 0 Å². The van der Waals surface area contributed by atoms with Crippen LogP contribution >= 0.6 is 0 Å². The summed E-state index contributed by atoms with van der Waals surface area (Å²) in [6, 6.07) is 14.4. The molecular weight excluding hydrogens is 260 g/mol. The number of aryl methyl sites for hydroxylation is 1. The highest BCUT2D eigenvalue weighted by molar-refractivity contribution is 5.72. The van der Waals surface area contributed by atoms with Gasteiger partial charge in [-0.1, -0.05) is 35.9 Å². The van der Waals surface area contributed by atoms with Crippen LogP contribution in [-0.4, -0.2) is 12.6 Å². The third-order valence-corrected chi connectivity index (χ3v) is 3.24. The number of anilines is 2. The number of hydrogen-bond donors (Lipinski definition) is 2. The second-order valence-corrected chi connectivity index (χ2v) is 5.55. The van der Waals surface area contributed by atoms with Gasteiger partial charge in [0.05, 0.1) is 17.5 Å². The average Bonchev–Trinajstić information content (AvgIpc) is 2.42. The van der Waals surface area contributed by atoms with Crippen LogP contribution < -0.4 is 15.8 Å². The SMILES string of the molecule is Cc1cccc(CCNc2cccc(OC(C)C)c2N)c1. The van der Waals surface area contributed by atoms with Gasteiger partial charge in [-0.2, -0.15) is 0 Å². The number of nitrogen functional groups attached to an aromatic ring is 1. The lowest BCUT2D eigenvalue weighted by Gasteiger charge is -2.15. The topological polar surface area (TPSA) is 47.3 Å². The zero-order valence-corrected chi connectivity index (χ0v) is 13.0. The van der Waals surface area contributed by atoms with Crippen LogP contribution in [0.5, 0.6) is 5.75 Å². The van der Waals surface area contributed by atoms with Crippen molar-refractivity contribution in [2.75, 3.05) is 17.6 Å². The van der Waals surface area contributed by atoms with Gasteiger partial charge in [-0.15, -0.1) is 0 Å². The summed E-state index contributed by atoms with van der Waals surface area (Å²) in [6.45, 7) is 6.95. The first-order valence-electron chi connectivity index (χ1n) is 7.41. The number of nitrogens with two attached hydrogens (primary N) is 1. The standard InChI is InChI=1S/C18H24N2O/c1-13(2)21-17-9-5-8-16(18(17)19)20-11-10-15-7-4-6-14(3)12-15/h4-9,12-13,20H,10-11,19H2,1-3H3. The van der Waals surface area contributed by atoms with E-state index in [1.165, 1.54) is 11.1 Å². The lowest BCUT2D eigenvalue weighted by molar-refractivity contribution is 0.244. The molecule has 0 saturated carbocycles. The lowest BCUT2D eigenvalue weighted by atomic mass is 10.1. The van der Waals surface area contributed by atoms with E-state index in [2.05, 4.69) is 36.5 Å². The molecule has 112 valence electrons.